The highest BCUT2D eigenvalue weighted by Gasteiger charge is 2.67. The fraction of sp³-hybridized carbons (Fsp3) is 0.370. The molecular weight excluding hydrogens is 436 g/mol. The van der Waals surface area contributed by atoms with Crippen LogP contribution in [0.15, 0.2) is 54.6 Å². The highest BCUT2D eigenvalue weighted by atomic mass is 35.5. The Hall–Kier alpha value is -2.92. The number of halogens is 1. The summed E-state index contributed by atoms with van der Waals surface area (Å²) in [6.07, 6.45) is 5.44. The fourth-order valence-electron chi connectivity index (χ4n) is 6.55. The fourth-order valence-corrected chi connectivity index (χ4v) is 6.76. The quantitative estimate of drug-likeness (QED) is 0.494. The maximum Gasteiger partial charge on any atom is 0.261 e. The SMILES string of the molecule is Cc1cccc(C)c1N(CN1C(=O)C2C3C=CC(C4CC34)C2C1=O)C(=O)c1ccccc1Cl. The first kappa shape index (κ1) is 20.7. The highest BCUT2D eigenvalue weighted by Crippen LogP contribution is 2.65. The second-order valence-corrected chi connectivity index (χ2v) is 10.3. The smallest absolute Gasteiger partial charge is 0.261 e. The number of carbonyl (C=O) groups is 3. The van der Waals surface area contributed by atoms with E-state index in [2.05, 4.69) is 12.2 Å². The van der Waals surface area contributed by atoms with Crippen LogP contribution in [0.1, 0.15) is 27.9 Å². The standard InChI is InChI=1S/C27H25ClN2O3/c1-14-6-5-7-15(2)24(14)29(25(31)18-8-3-4-9-21(18)28)13-30-26(32)22-16-10-11-17(20-12-19(16)20)23(22)27(30)33/h3-11,16-17,19-20,22-23H,12-13H2,1-2H3. The minimum Gasteiger partial charge on any atom is -0.289 e. The molecule has 5 nitrogen and oxygen atoms in total. The summed E-state index contributed by atoms with van der Waals surface area (Å²) in [6, 6.07) is 12.7. The van der Waals surface area contributed by atoms with E-state index >= 15 is 0 Å². The van der Waals surface area contributed by atoms with Gasteiger partial charge in [-0.25, -0.2) is 0 Å². The van der Waals surface area contributed by atoms with Crippen LogP contribution in [0.2, 0.25) is 5.02 Å². The zero-order chi connectivity index (χ0) is 23.0. The van der Waals surface area contributed by atoms with Crippen molar-refractivity contribution in [3.8, 4) is 0 Å². The number of imide groups is 1. The number of anilines is 1. The van der Waals surface area contributed by atoms with Crippen molar-refractivity contribution >= 4 is 35.0 Å². The lowest BCUT2D eigenvalue weighted by Crippen LogP contribution is -2.45. The lowest BCUT2D eigenvalue weighted by Gasteiger charge is -2.37. The molecule has 1 heterocycles. The molecule has 0 N–H and O–H groups in total. The van der Waals surface area contributed by atoms with Gasteiger partial charge in [-0.15, -0.1) is 0 Å². The lowest BCUT2D eigenvalue weighted by molar-refractivity contribution is -0.140. The largest absolute Gasteiger partial charge is 0.289 e. The number of carbonyl (C=O) groups excluding carboxylic acids is 3. The molecule has 33 heavy (non-hydrogen) atoms. The van der Waals surface area contributed by atoms with Crippen LogP contribution in [0.25, 0.3) is 0 Å². The van der Waals surface area contributed by atoms with Crippen molar-refractivity contribution in [1.29, 1.82) is 0 Å². The third-order valence-corrected chi connectivity index (χ3v) is 8.43. The topological polar surface area (TPSA) is 57.7 Å². The van der Waals surface area contributed by atoms with Gasteiger partial charge in [-0.05, 0) is 67.2 Å². The first-order valence-electron chi connectivity index (χ1n) is 11.5. The molecule has 6 atom stereocenters. The van der Waals surface area contributed by atoms with Crippen molar-refractivity contribution in [2.45, 2.75) is 20.3 Å². The normalized spacial score (nSPS) is 30.9. The molecule has 0 aromatic heterocycles. The molecule has 0 radical (unpaired) electrons. The Morgan fingerprint density at radius 3 is 2.09 bits per heavy atom. The van der Waals surface area contributed by atoms with Gasteiger partial charge < -0.3 is 0 Å². The van der Waals surface area contributed by atoms with Crippen molar-refractivity contribution in [3.05, 3.63) is 76.3 Å². The predicted molar refractivity (Wildman–Crippen MR) is 126 cm³/mol. The number of allylic oxidation sites excluding steroid dienone is 2. The Morgan fingerprint density at radius 2 is 1.52 bits per heavy atom. The molecule has 1 aliphatic heterocycles. The van der Waals surface area contributed by atoms with E-state index in [0.29, 0.717) is 28.1 Å². The maximum atomic E-state index is 13.8. The summed E-state index contributed by atoms with van der Waals surface area (Å²) in [5.74, 6) is 0.208. The van der Waals surface area contributed by atoms with E-state index in [1.165, 1.54) is 4.90 Å². The Kier molecular flexibility index (Phi) is 4.57. The van der Waals surface area contributed by atoms with E-state index in [9.17, 15) is 14.4 Å². The third kappa shape index (κ3) is 2.95. The summed E-state index contributed by atoms with van der Waals surface area (Å²) in [7, 11) is 0. The van der Waals surface area contributed by atoms with Gasteiger partial charge in [0.15, 0.2) is 0 Å². The lowest BCUT2D eigenvalue weighted by atomic mass is 9.63. The first-order chi connectivity index (χ1) is 15.9. The van der Waals surface area contributed by atoms with Crippen LogP contribution in [-0.2, 0) is 9.59 Å². The molecule has 5 aliphatic rings. The molecule has 2 aromatic rings. The Bertz CT molecular complexity index is 1180. The number of amides is 3. The maximum absolute atomic E-state index is 13.8. The van der Waals surface area contributed by atoms with Crippen LogP contribution in [0.4, 0.5) is 5.69 Å². The van der Waals surface area contributed by atoms with Crippen molar-refractivity contribution in [2.75, 3.05) is 11.6 Å². The van der Waals surface area contributed by atoms with Crippen molar-refractivity contribution in [2.24, 2.45) is 35.5 Å². The van der Waals surface area contributed by atoms with Gasteiger partial charge >= 0.3 is 0 Å². The summed E-state index contributed by atoms with van der Waals surface area (Å²) in [4.78, 5) is 43.8. The van der Waals surface area contributed by atoms with Gasteiger partial charge in [-0.2, -0.15) is 0 Å². The second-order valence-electron chi connectivity index (χ2n) is 9.85. The van der Waals surface area contributed by atoms with Crippen LogP contribution in [-0.4, -0.2) is 29.3 Å². The molecule has 1 saturated heterocycles. The van der Waals surface area contributed by atoms with E-state index in [-0.39, 0.29) is 48.1 Å². The van der Waals surface area contributed by atoms with Gasteiger partial charge in [-0.3, -0.25) is 24.2 Å². The number of para-hydroxylation sites is 1. The molecule has 168 valence electrons. The van der Waals surface area contributed by atoms with E-state index in [4.69, 9.17) is 11.6 Å². The van der Waals surface area contributed by atoms with Crippen LogP contribution in [0.5, 0.6) is 0 Å². The molecule has 4 aliphatic carbocycles. The van der Waals surface area contributed by atoms with Gasteiger partial charge in [0, 0.05) is 0 Å². The predicted octanol–water partition coefficient (Wildman–Crippen LogP) is 4.61. The zero-order valence-corrected chi connectivity index (χ0v) is 19.3. The van der Waals surface area contributed by atoms with Crippen molar-refractivity contribution in [3.63, 3.8) is 0 Å². The molecule has 6 unspecified atom stereocenters. The Balaban J connectivity index is 1.39. The number of hydrogen-bond acceptors (Lipinski definition) is 3. The third-order valence-electron chi connectivity index (χ3n) is 8.10. The van der Waals surface area contributed by atoms with Gasteiger partial charge in [0.2, 0.25) is 11.8 Å². The Morgan fingerprint density at radius 1 is 0.939 bits per heavy atom. The number of aryl methyl sites for hydroxylation is 2. The van der Waals surface area contributed by atoms with Gasteiger partial charge in [0.25, 0.3) is 5.91 Å². The Labute approximate surface area is 198 Å². The van der Waals surface area contributed by atoms with Gasteiger partial charge in [0.05, 0.1) is 28.1 Å². The highest BCUT2D eigenvalue weighted by molar-refractivity contribution is 6.34. The van der Waals surface area contributed by atoms with Gasteiger partial charge in [-0.1, -0.05) is 54.1 Å². The molecule has 0 spiro atoms. The number of likely N-dealkylation sites (tertiary alicyclic amines) is 1. The van der Waals surface area contributed by atoms with Crippen molar-refractivity contribution < 1.29 is 14.4 Å². The summed E-state index contributed by atoms with van der Waals surface area (Å²) in [6.45, 7) is 3.76. The van der Waals surface area contributed by atoms with E-state index in [1.807, 2.05) is 32.0 Å². The average Bonchev–Trinajstić information content (AvgIpc) is 3.58. The molecule has 2 bridgehead atoms. The molecule has 3 fully saturated rings. The number of benzene rings is 2. The number of rotatable bonds is 4. The summed E-state index contributed by atoms with van der Waals surface area (Å²) in [5.41, 5.74) is 2.85. The molecule has 3 amide bonds. The molecule has 7 rings (SSSR count). The first-order valence-corrected chi connectivity index (χ1v) is 11.9. The molecular formula is C27H25ClN2O3. The summed E-state index contributed by atoms with van der Waals surface area (Å²) < 4.78 is 0. The van der Waals surface area contributed by atoms with Crippen molar-refractivity contribution in [1.82, 2.24) is 4.90 Å². The van der Waals surface area contributed by atoms with Crippen LogP contribution < -0.4 is 4.90 Å². The molecule has 2 saturated carbocycles. The van der Waals surface area contributed by atoms with E-state index in [0.717, 1.165) is 17.5 Å². The van der Waals surface area contributed by atoms with E-state index < -0.39 is 0 Å². The number of nitrogens with zero attached hydrogens (tertiary/aromatic N) is 2. The van der Waals surface area contributed by atoms with Crippen LogP contribution in [0, 0.1) is 49.4 Å². The monoisotopic (exact) mass is 460 g/mol. The number of hydrogen-bond donors (Lipinski definition) is 0. The minimum absolute atomic E-state index is 0.102. The summed E-state index contributed by atoms with van der Waals surface area (Å²) in [5, 5.41) is 0.341. The molecule has 6 heteroatoms. The van der Waals surface area contributed by atoms with Crippen LogP contribution >= 0.6 is 11.6 Å². The van der Waals surface area contributed by atoms with E-state index in [1.54, 1.807) is 29.2 Å². The zero-order valence-electron chi connectivity index (χ0n) is 18.6. The van der Waals surface area contributed by atoms with Crippen LogP contribution in [0.3, 0.4) is 0 Å². The van der Waals surface area contributed by atoms with Gasteiger partial charge in [0.1, 0.15) is 6.67 Å². The summed E-state index contributed by atoms with van der Waals surface area (Å²) >= 11 is 6.37. The second kappa shape index (κ2) is 7.29. The average molecular weight is 461 g/mol. The minimum atomic E-state index is -0.322. The molecule has 2 aromatic carbocycles.